The second-order valence-corrected chi connectivity index (χ2v) is 4.33. The summed E-state index contributed by atoms with van der Waals surface area (Å²) >= 11 is 0. The molecule has 0 aromatic heterocycles. The molecule has 18 heavy (non-hydrogen) atoms. The number of aliphatic hydroxyl groups is 1. The Hall–Kier alpha value is -1.84. The molecule has 0 aliphatic carbocycles. The Balaban J connectivity index is 2.10. The molecule has 94 valence electrons. The van der Waals surface area contributed by atoms with Gasteiger partial charge in [0.1, 0.15) is 5.60 Å². The van der Waals surface area contributed by atoms with E-state index in [1.54, 1.807) is 0 Å². The molecule has 0 amide bonds. The molecule has 2 aromatic carbocycles. The Kier molecular flexibility index (Phi) is 3.97. The van der Waals surface area contributed by atoms with Crippen molar-refractivity contribution in [3.63, 3.8) is 0 Å². The van der Waals surface area contributed by atoms with Gasteiger partial charge in [0.25, 0.3) is 0 Å². The highest BCUT2D eigenvalue weighted by Crippen LogP contribution is 2.25. The lowest BCUT2D eigenvalue weighted by atomic mass is 9.97. The largest absolute Gasteiger partial charge is 0.393 e. The third-order valence-electron chi connectivity index (χ3n) is 2.85. The zero-order chi connectivity index (χ0) is 12.8. The Bertz CT molecular complexity index is 472. The van der Waals surface area contributed by atoms with Gasteiger partial charge in [-0.25, -0.2) is 0 Å². The van der Waals surface area contributed by atoms with E-state index < -0.39 is 5.60 Å². The van der Waals surface area contributed by atoms with Crippen LogP contribution in [0.2, 0.25) is 0 Å². The fourth-order valence-electron chi connectivity index (χ4n) is 1.65. The summed E-state index contributed by atoms with van der Waals surface area (Å²) in [4.78, 5) is 5.65. The highest BCUT2D eigenvalue weighted by atomic mass is 16.7. The summed E-state index contributed by atoms with van der Waals surface area (Å²) in [5, 5.41) is 9.55. The van der Waals surface area contributed by atoms with Gasteiger partial charge in [-0.05, 0) is 24.6 Å². The van der Waals surface area contributed by atoms with Crippen molar-refractivity contribution >= 4 is 5.69 Å². The molecule has 0 spiro atoms. The molecule has 3 heteroatoms. The molecular formula is C15H17NO2. The third-order valence-corrected chi connectivity index (χ3v) is 2.85. The van der Waals surface area contributed by atoms with E-state index in [0.29, 0.717) is 0 Å². The predicted octanol–water partition coefficient (Wildman–Crippen LogP) is 2.94. The van der Waals surface area contributed by atoms with Crippen molar-refractivity contribution in [2.45, 2.75) is 12.5 Å². The normalized spacial score (nSPS) is 13.9. The summed E-state index contributed by atoms with van der Waals surface area (Å²) < 4.78 is 0. The van der Waals surface area contributed by atoms with E-state index in [0.717, 1.165) is 11.3 Å². The van der Waals surface area contributed by atoms with Crippen molar-refractivity contribution in [2.24, 2.45) is 0 Å². The quantitative estimate of drug-likeness (QED) is 0.793. The minimum absolute atomic E-state index is 0.100. The van der Waals surface area contributed by atoms with E-state index in [-0.39, 0.29) is 6.61 Å². The first-order valence-corrected chi connectivity index (χ1v) is 5.90. The molecule has 0 saturated carbocycles. The lowest BCUT2D eigenvalue weighted by Crippen LogP contribution is -2.32. The van der Waals surface area contributed by atoms with E-state index in [1.165, 1.54) is 0 Å². The van der Waals surface area contributed by atoms with Gasteiger partial charge in [-0.1, -0.05) is 48.5 Å². The summed E-state index contributed by atoms with van der Waals surface area (Å²) in [5.74, 6) is 0. The Morgan fingerprint density at radius 3 is 2.11 bits per heavy atom. The Morgan fingerprint density at radius 2 is 1.56 bits per heavy atom. The van der Waals surface area contributed by atoms with Crippen LogP contribution >= 0.6 is 0 Å². The second-order valence-electron chi connectivity index (χ2n) is 4.33. The molecule has 3 nitrogen and oxygen atoms in total. The molecule has 0 saturated heterocycles. The van der Waals surface area contributed by atoms with Crippen LogP contribution in [0.1, 0.15) is 12.5 Å². The van der Waals surface area contributed by atoms with Crippen LogP contribution in [-0.4, -0.2) is 11.7 Å². The number of aliphatic hydroxyl groups excluding tert-OH is 1. The van der Waals surface area contributed by atoms with Gasteiger partial charge in [0.15, 0.2) is 0 Å². The molecule has 0 fully saturated rings. The fourth-order valence-corrected chi connectivity index (χ4v) is 1.65. The van der Waals surface area contributed by atoms with Crippen LogP contribution in [0.25, 0.3) is 0 Å². The van der Waals surface area contributed by atoms with Gasteiger partial charge in [0, 0.05) is 0 Å². The third kappa shape index (κ3) is 2.88. The topological polar surface area (TPSA) is 41.5 Å². The summed E-state index contributed by atoms with van der Waals surface area (Å²) in [5.41, 5.74) is 3.89. The number of benzene rings is 2. The molecule has 0 bridgehead atoms. The van der Waals surface area contributed by atoms with Gasteiger partial charge in [-0.15, -0.1) is 0 Å². The van der Waals surface area contributed by atoms with Crippen molar-refractivity contribution in [3.8, 4) is 0 Å². The monoisotopic (exact) mass is 243 g/mol. The number of rotatable bonds is 5. The van der Waals surface area contributed by atoms with Crippen molar-refractivity contribution in [3.05, 3.63) is 66.2 Å². The maximum absolute atomic E-state index is 9.55. The van der Waals surface area contributed by atoms with Gasteiger partial charge < -0.3 is 5.11 Å². The lowest BCUT2D eigenvalue weighted by molar-refractivity contribution is -0.0434. The maximum Gasteiger partial charge on any atom is 0.141 e. The highest BCUT2D eigenvalue weighted by molar-refractivity contribution is 5.40. The standard InChI is InChI=1S/C15H17NO2/c1-15(12-17,13-8-4-2-5-9-13)18-16-14-10-6-3-7-11-14/h2-11,16-17H,12H2,1H3. The van der Waals surface area contributed by atoms with Crippen LogP contribution in [0.3, 0.4) is 0 Å². The number of hydrogen-bond acceptors (Lipinski definition) is 3. The van der Waals surface area contributed by atoms with Crippen molar-refractivity contribution < 1.29 is 9.94 Å². The van der Waals surface area contributed by atoms with E-state index in [1.807, 2.05) is 67.6 Å². The molecule has 0 aliphatic heterocycles. The van der Waals surface area contributed by atoms with Crippen LogP contribution in [-0.2, 0) is 10.4 Å². The van der Waals surface area contributed by atoms with Crippen LogP contribution < -0.4 is 5.48 Å². The van der Waals surface area contributed by atoms with E-state index in [2.05, 4.69) is 5.48 Å². The van der Waals surface area contributed by atoms with Crippen LogP contribution in [0.4, 0.5) is 5.69 Å². The molecule has 0 radical (unpaired) electrons. The zero-order valence-corrected chi connectivity index (χ0v) is 10.3. The smallest absolute Gasteiger partial charge is 0.141 e. The fraction of sp³-hybridized carbons (Fsp3) is 0.200. The van der Waals surface area contributed by atoms with Gasteiger partial charge in [0.05, 0.1) is 12.3 Å². The number of hydrogen-bond donors (Lipinski definition) is 2. The summed E-state index contributed by atoms with van der Waals surface area (Å²) in [7, 11) is 0. The van der Waals surface area contributed by atoms with E-state index in [4.69, 9.17) is 4.84 Å². The Morgan fingerprint density at radius 1 is 1.00 bits per heavy atom. The van der Waals surface area contributed by atoms with Crippen LogP contribution in [0, 0.1) is 0 Å². The van der Waals surface area contributed by atoms with Crippen molar-refractivity contribution in [2.75, 3.05) is 12.1 Å². The first-order valence-electron chi connectivity index (χ1n) is 5.90. The first-order chi connectivity index (χ1) is 8.74. The minimum Gasteiger partial charge on any atom is -0.393 e. The van der Waals surface area contributed by atoms with Crippen LogP contribution in [0.15, 0.2) is 60.7 Å². The summed E-state index contributed by atoms with van der Waals surface area (Å²) in [6, 6.07) is 19.2. The van der Waals surface area contributed by atoms with E-state index >= 15 is 0 Å². The van der Waals surface area contributed by atoms with E-state index in [9.17, 15) is 5.11 Å². The molecular weight excluding hydrogens is 226 g/mol. The summed E-state index contributed by atoms with van der Waals surface area (Å²) in [6.07, 6.45) is 0. The average Bonchev–Trinajstić information content (AvgIpc) is 2.47. The zero-order valence-electron chi connectivity index (χ0n) is 10.3. The molecule has 1 unspecified atom stereocenters. The number of anilines is 1. The van der Waals surface area contributed by atoms with Crippen molar-refractivity contribution in [1.29, 1.82) is 0 Å². The Labute approximate surface area is 107 Å². The summed E-state index contributed by atoms with van der Waals surface area (Å²) in [6.45, 7) is 1.75. The molecule has 0 heterocycles. The van der Waals surface area contributed by atoms with Crippen LogP contribution in [0.5, 0.6) is 0 Å². The SMILES string of the molecule is CC(CO)(ONc1ccccc1)c1ccccc1. The number of para-hydroxylation sites is 1. The first kappa shape index (κ1) is 12.6. The predicted molar refractivity (Wildman–Crippen MR) is 72.0 cm³/mol. The minimum atomic E-state index is -0.767. The highest BCUT2D eigenvalue weighted by Gasteiger charge is 2.27. The van der Waals surface area contributed by atoms with Gasteiger partial charge >= 0.3 is 0 Å². The van der Waals surface area contributed by atoms with Gasteiger partial charge in [0.2, 0.25) is 0 Å². The molecule has 0 aliphatic rings. The molecule has 2 N–H and O–H groups in total. The van der Waals surface area contributed by atoms with Crippen molar-refractivity contribution in [1.82, 2.24) is 0 Å². The molecule has 2 rings (SSSR count). The molecule has 1 atom stereocenters. The second kappa shape index (κ2) is 5.67. The number of nitrogens with one attached hydrogen (secondary N) is 1. The van der Waals surface area contributed by atoms with Gasteiger partial charge in [-0.2, -0.15) is 0 Å². The van der Waals surface area contributed by atoms with Gasteiger partial charge in [-0.3, -0.25) is 10.3 Å². The molecule has 2 aromatic rings. The average molecular weight is 243 g/mol. The lowest BCUT2D eigenvalue weighted by Gasteiger charge is -2.28. The maximum atomic E-state index is 9.55.